The number of carbonyl (C=O) groups is 3. The Balaban J connectivity index is 2.08. The zero-order chi connectivity index (χ0) is 22.3. The lowest BCUT2D eigenvalue weighted by Crippen LogP contribution is -2.14. The van der Waals surface area contributed by atoms with Gasteiger partial charge in [0.2, 0.25) is 5.78 Å². The quantitative estimate of drug-likeness (QED) is 0.350. The summed E-state index contributed by atoms with van der Waals surface area (Å²) in [6.45, 7) is 1.88. The molecule has 0 amide bonds. The van der Waals surface area contributed by atoms with Crippen LogP contribution >= 0.6 is 0 Å². The highest BCUT2D eigenvalue weighted by Crippen LogP contribution is 2.24. The van der Waals surface area contributed by atoms with E-state index < -0.39 is 30.9 Å². The van der Waals surface area contributed by atoms with Gasteiger partial charge in [0.15, 0.2) is 6.61 Å². The standard InChI is InChI=1S/C21H21F2NO6/c1-4-28-19(26)9-10-20(27)29-12-18(25)17-11-13(2)24(14(17)3)15-5-7-16(8-6-15)30-21(22)23/h5-11,21H,4,12H2,1-3H3. The molecule has 7 nitrogen and oxygen atoms in total. The lowest BCUT2D eigenvalue weighted by atomic mass is 10.1. The van der Waals surface area contributed by atoms with Crippen LogP contribution in [0.3, 0.4) is 0 Å². The minimum Gasteiger partial charge on any atom is -0.463 e. The molecule has 0 unspecified atom stereocenters. The Hall–Kier alpha value is -3.49. The number of alkyl halides is 2. The van der Waals surface area contributed by atoms with Crippen molar-refractivity contribution < 1.29 is 37.4 Å². The van der Waals surface area contributed by atoms with Gasteiger partial charge in [0.25, 0.3) is 0 Å². The molecular formula is C21H21F2NO6. The third-order valence-electron chi connectivity index (χ3n) is 4.04. The predicted molar refractivity (Wildman–Crippen MR) is 103 cm³/mol. The monoisotopic (exact) mass is 421 g/mol. The van der Waals surface area contributed by atoms with Crippen LogP contribution in [-0.4, -0.2) is 42.1 Å². The molecule has 0 bridgehead atoms. The fraction of sp³-hybridized carbons (Fsp3) is 0.286. The van der Waals surface area contributed by atoms with Crippen LogP contribution in [-0.2, 0) is 19.1 Å². The van der Waals surface area contributed by atoms with Gasteiger partial charge in [0.1, 0.15) is 5.75 Å². The summed E-state index contributed by atoms with van der Waals surface area (Å²) in [6.07, 6.45) is 1.81. The number of carbonyl (C=O) groups excluding carboxylic acids is 3. The second kappa shape index (κ2) is 10.3. The molecular weight excluding hydrogens is 400 g/mol. The maximum absolute atomic E-state index is 12.5. The first-order valence-electron chi connectivity index (χ1n) is 9.02. The molecule has 0 saturated heterocycles. The van der Waals surface area contributed by atoms with Crippen LogP contribution in [0.1, 0.15) is 28.7 Å². The van der Waals surface area contributed by atoms with Crippen molar-refractivity contribution in [2.75, 3.05) is 13.2 Å². The maximum Gasteiger partial charge on any atom is 0.387 e. The Bertz CT molecular complexity index is 947. The highest BCUT2D eigenvalue weighted by molar-refractivity contribution is 6.00. The van der Waals surface area contributed by atoms with E-state index in [2.05, 4.69) is 9.47 Å². The Morgan fingerprint density at radius 3 is 2.20 bits per heavy atom. The number of ether oxygens (including phenoxy) is 3. The van der Waals surface area contributed by atoms with Gasteiger partial charge in [-0.25, -0.2) is 9.59 Å². The molecule has 0 aliphatic rings. The molecule has 0 N–H and O–H groups in total. The van der Waals surface area contributed by atoms with Crippen molar-refractivity contribution in [2.24, 2.45) is 0 Å². The topological polar surface area (TPSA) is 83.8 Å². The molecule has 0 fully saturated rings. The number of aromatic nitrogens is 1. The number of rotatable bonds is 9. The van der Waals surface area contributed by atoms with Gasteiger partial charge in [-0.05, 0) is 51.1 Å². The number of halogens is 2. The van der Waals surface area contributed by atoms with E-state index in [1.165, 1.54) is 12.1 Å². The molecule has 0 radical (unpaired) electrons. The third-order valence-corrected chi connectivity index (χ3v) is 4.04. The maximum atomic E-state index is 12.5. The minimum absolute atomic E-state index is 0.0234. The molecule has 0 saturated carbocycles. The zero-order valence-corrected chi connectivity index (χ0v) is 16.7. The first-order valence-corrected chi connectivity index (χ1v) is 9.02. The number of hydrogen-bond acceptors (Lipinski definition) is 6. The van der Waals surface area contributed by atoms with Crippen molar-refractivity contribution in [1.82, 2.24) is 4.57 Å². The number of ketones is 1. The van der Waals surface area contributed by atoms with Crippen LogP contribution in [0, 0.1) is 13.8 Å². The number of esters is 2. The summed E-state index contributed by atoms with van der Waals surface area (Å²) >= 11 is 0. The van der Waals surface area contributed by atoms with Gasteiger partial charge in [-0.2, -0.15) is 8.78 Å². The Labute approximate surface area is 171 Å². The summed E-state index contributed by atoms with van der Waals surface area (Å²) in [5, 5.41) is 0. The molecule has 0 atom stereocenters. The van der Waals surface area contributed by atoms with Gasteiger partial charge in [-0.3, -0.25) is 4.79 Å². The molecule has 1 heterocycles. The lowest BCUT2D eigenvalue weighted by Gasteiger charge is -2.11. The van der Waals surface area contributed by atoms with Crippen molar-refractivity contribution in [2.45, 2.75) is 27.4 Å². The van der Waals surface area contributed by atoms with E-state index in [-0.39, 0.29) is 12.4 Å². The number of benzene rings is 1. The molecule has 2 aromatic rings. The van der Waals surface area contributed by atoms with E-state index in [4.69, 9.17) is 4.74 Å². The van der Waals surface area contributed by atoms with E-state index in [9.17, 15) is 23.2 Å². The summed E-state index contributed by atoms with van der Waals surface area (Å²) < 4.78 is 40.2. The highest BCUT2D eigenvalue weighted by atomic mass is 19.3. The van der Waals surface area contributed by atoms with Crippen LogP contribution < -0.4 is 4.74 Å². The lowest BCUT2D eigenvalue weighted by molar-refractivity contribution is -0.139. The predicted octanol–water partition coefficient (Wildman–Crippen LogP) is 3.54. The normalized spacial score (nSPS) is 11.0. The average Bonchev–Trinajstić information content (AvgIpc) is 2.99. The number of aryl methyl sites for hydroxylation is 1. The van der Waals surface area contributed by atoms with Crippen LogP contribution in [0.5, 0.6) is 5.75 Å². The van der Waals surface area contributed by atoms with Crippen LogP contribution in [0.4, 0.5) is 8.78 Å². The Morgan fingerprint density at radius 1 is 1.03 bits per heavy atom. The van der Waals surface area contributed by atoms with Gasteiger partial charge in [-0.15, -0.1) is 0 Å². The molecule has 1 aromatic heterocycles. The SMILES string of the molecule is CCOC(=O)C=CC(=O)OCC(=O)c1cc(C)n(-c2ccc(OC(F)F)cc2)c1C. The fourth-order valence-electron chi connectivity index (χ4n) is 2.81. The van der Waals surface area contributed by atoms with Crippen molar-refractivity contribution in [3.8, 4) is 11.4 Å². The Kier molecular flexibility index (Phi) is 7.85. The molecule has 1 aromatic carbocycles. The summed E-state index contributed by atoms with van der Waals surface area (Å²) in [5.74, 6) is -1.94. The second-order valence-electron chi connectivity index (χ2n) is 6.11. The molecule has 0 aliphatic heterocycles. The summed E-state index contributed by atoms with van der Waals surface area (Å²) in [6, 6.07) is 7.63. The fourth-order valence-corrected chi connectivity index (χ4v) is 2.81. The van der Waals surface area contributed by atoms with Gasteiger partial charge >= 0.3 is 18.6 Å². The van der Waals surface area contributed by atoms with Crippen molar-refractivity contribution in [3.05, 3.63) is 59.4 Å². The van der Waals surface area contributed by atoms with Gasteiger partial charge < -0.3 is 18.8 Å². The molecule has 9 heteroatoms. The van der Waals surface area contributed by atoms with Crippen LogP contribution in [0.2, 0.25) is 0 Å². The molecule has 0 spiro atoms. The summed E-state index contributed by atoms with van der Waals surface area (Å²) in [4.78, 5) is 35.3. The zero-order valence-electron chi connectivity index (χ0n) is 16.7. The molecule has 30 heavy (non-hydrogen) atoms. The minimum atomic E-state index is -2.91. The van der Waals surface area contributed by atoms with Crippen LogP contribution in [0.25, 0.3) is 5.69 Å². The van der Waals surface area contributed by atoms with E-state index in [1.54, 1.807) is 43.5 Å². The third kappa shape index (κ3) is 6.00. The van der Waals surface area contributed by atoms with Crippen molar-refractivity contribution in [3.63, 3.8) is 0 Å². The summed E-state index contributed by atoms with van der Waals surface area (Å²) in [5.41, 5.74) is 2.33. The van der Waals surface area contributed by atoms with Gasteiger partial charge in [0.05, 0.1) is 6.61 Å². The van der Waals surface area contributed by atoms with Crippen LogP contribution in [0.15, 0.2) is 42.5 Å². The summed E-state index contributed by atoms with van der Waals surface area (Å²) in [7, 11) is 0. The Morgan fingerprint density at radius 2 is 1.63 bits per heavy atom. The van der Waals surface area contributed by atoms with E-state index >= 15 is 0 Å². The average molecular weight is 421 g/mol. The number of Topliss-reactive ketones (excluding diaryl/α,β-unsaturated/α-hetero) is 1. The number of nitrogens with zero attached hydrogens (tertiary/aromatic N) is 1. The molecule has 160 valence electrons. The molecule has 0 aliphatic carbocycles. The second-order valence-corrected chi connectivity index (χ2v) is 6.11. The largest absolute Gasteiger partial charge is 0.463 e. The van der Waals surface area contributed by atoms with E-state index in [0.717, 1.165) is 17.8 Å². The van der Waals surface area contributed by atoms with E-state index in [0.29, 0.717) is 16.9 Å². The van der Waals surface area contributed by atoms with Crippen molar-refractivity contribution >= 4 is 17.7 Å². The molecule has 2 rings (SSSR count). The smallest absolute Gasteiger partial charge is 0.387 e. The van der Waals surface area contributed by atoms with E-state index in [1.807, 2.05) is 0 Å². The highest BCUT2D eigenvalue weighted by Gasteiger charge is 2.18. The first-order chi connectivity index (χ1) is 14.2. The van der Waals surface area contributed by atoms with Crippen molar-refractivity contribution in [1.29, 1.82) is 0 Å². The van der Waals surface area contributed by atoms with Gasteiger partial charge in [0, 0.05) is 34.8 Å². The van der Waals surface area contributed by atoms with Gasteiger partial charge in [-0.1, -0.05) is 0 Å². The first kappa shape index (κ1) is 22.8. The number of hydrogen-bond donors (Lipinski definition) is 0.